The molecule has 1 aromatic heterocycles. The summed E-state index contributed by atoms with van der Waals surface area (Å²) in [6.07, 6.45) is 0. The van der Waals surface area contributed by atoms with Crippen LogP contribution in [0.2, 0.25) is 5.02 Å². The molecular formula is C25H22ClNO5. The average molecular weight is 452 g/mol. The van der Waals surface area contributed by atoms with Gasteiger partial charge in [-0.1, -0.05) is 35.9 Å². The first-order chi connectivity index (χ1) is 15.5. The van der Waals surface area contributed by atoms with Crippen LogP contribution in [0, 0.1) is 0 Å². The van der Waals surface area contributed by atoms with Gasteiger partial charge in [0, 0.05) is 5.39 Å². The van der Waals surface area contributed by atoms with Gasteiger partial charge in [0.1, 0.15) is 18.9 Å². The number of hydrogen-bond acceptors (Lipinski definition) is 5. The van der Waals surface area contributed by atoms with E-state index in [1.54, 1.807) is 48.9 Å². The van der Waals surface area contributed by atoms with Gasteiger partial charge in [0.25, 0.3) is 0 Å². The minimum absolute atomic E-state index is 0.0790. The van der Waals surface area contributed by atoms with E-state index >= 15 is 0 Å². The van der Waals surface area contributed by atoms with Gasteiger partial charge in [0.15, 0.2) is 11.2 Å². The highest BCUT2D eigenvalue weighted by molar-refractivity contribution is 6.33. The van der Waals surface area contributed by atoms with Crippen LogP contribution in [0.5, 0.6) is 11.5 Å². The van der Waals surface area contributed by atoms with Gasteiger partial charge in [-0.05, 0) is 48.9 Å². The number of carbonyl (C=O) groups is 1. The fourth-order valence-electron chi connectivity index (χ4n) is 3.68. The molecule has 0 N–H and O–H groups in total. The van der Waals surface area contributed by atoms with Crippen molar-refractivity contribution >= 4 is 39.4 Å². The minimum Gasteiger partial charge on any atom is -0.497 e. The van der Waals surface area contributed by atoms with Crippen molar-refractivity contribution in [3.8, 4) is 11.5 Å². The number of aromatic nitrogens is 1. The summed E-state index contributed by atoms with van der Waals surface area (Å²) in [5.74, 6) is 0.669. The van der Waals surface area contributed by atoms with E-state index in [1.807, 2.05) is 30.3 Å². The van der Waals surface area contributed by atoms with E-state index in [1.165, 1.54) is 0 Å². The molecule has 0 fully saturated rings. The number of pyridine rings is 1. The van der Waals surface area contributed by atoms with Gasteiger partial charge in [0.2, 0.25) is 0 Å². The summed E-state index contributed by atoms with van der Waals surface area (Å²) in [5, 5.41) is 1.27. The number of hydrogen-bond donors (Lipinski definition) is 0. The van der Waals surface area contributed by atoms with Crippen molar-refractivity contribution in [3.05, 3.63) is 81.5 Å². The smallest absolute Gasteiger partial charge is 0.325 e. The molecule has 164 valence electrons. The lowest BCUT2D eigenvalue weighted by Gasteiger charge is -2.18. The van der Waals surface area contributed by atoms with Gasteiger partial charge >= 0.3 is 5.97 Å². The van der Waals surface area contributed by atoms with Crippen molar-refractivity contribution in [2.45, 2.75) is 20.1 Å². The molecule has 0 bridgehead atoms. The molecule has 1 heterocycles. The number of rotatable bonds is 7. The maximum absolute atomic E-state index is 13.2. The molecule has 0 spiro atoms. The van der Waals surface area contributed by atoms with Gasteiger partial charge in [-0.3, -0.25) is 9.59 Å². The predicted molar refractivity (Wildman–Crippen MR) is 125 cm³/mol. The van der Waals surface area contributed by atoms with E-state index in [-0.39, 0.29) is 25.2 Å². The molecule has 0 radical (unpaired) electrons. The first-order valence-electron chi connectivity index (χ1n) is 10.2. The first kappa shape index (κ1) is 21.7. The number of halogens is 1. The molecule has 3 aromatic carbocycles. The summed E-state index contributed by atoms with van der Waals surface area (Å²) in [4.78, 5) is 25.6. The molecule has 7 heteroatoms. The van der Waals surface area contributed by atoms with Gasteiger partial charge in [-0.25, -0.2) is 0 Å². The van der Waals surface area contributed by atoms with Gasteiger partial charge < -0.3 is 18.8 Å². The third-order valence-electron chi connectivity index (χ3n) is 5.17. The molecule has 0 saturated carbocycles. The first-order valence-corrected chi connectivity index (χ1v) is 10.6. The molecular weight excluding hydrogens is 430 g/mol. The normalized spacial score (nSPS) is 11.0. The van der Waals surface area contributed by atoms with E-state index in [4.69, 9.17) is 25.8 Å². The van der Waals surface area contributed by atoms with Crippen molar-refractivity contribution in [1.29, 1.82) is 0 Å². The molecule has 0 aliphatic heterocycles. The number of ether oxygens (including phenoxy) is 3. The van der Waals surface area contributed by atoms with Crippen LogP contribution < -0.4 is 14.9 Å². The number of benzene rings is 3. The standard InChI is InChI=1S/C25H22ClNO5/c1-3-31-22(28)14-27-21-7-5-4-6-18(21)24(29)19-12-13-20(26)25(23(19)27)32-15-16-8-10-17(30-2)11-9-16/h4-13H,3,14-15H2,1-2H3. The Kier molecular flexibility index (Phi) is 6.32. The van der Waals surface area contributed by atoms with Crippen molar-refractivity contribution < 1.29 is 19.0 Å². The largest absolute Gasteiger partial charge is 0.497 e. The van der Waals surface area contributed by atoms with E-state index in [0.29, 0.717) is 32.6 Å². The Labute approximate surface area is 189 Å². The zero-order valence-corrected chi connectivity index (χ0v) is 18.5. The highest BCUT2D eigenvalue weighted by Crippen LogP contribution is 2.35. The molecule has 0 atom stereocenters. The average Bonchev–Trinajstić information content (AvgIpc) is 2.81. The number of methoxy groups -OCH3 is 1. The molecule has 0 saturated heterocycles. The number of esters is 1. The molecule has 32 heavy (non-hydrogen) atoms. The second kappa shape index (κ2) is 9.32. The van der Waals surface area contributed by atoms with Crippen LogP contribution >= 0.6 is 11.6 Å². The summed E-state index contributed by atoms with van der Waals surface area (Å²) in [6.45, 7) is 2.16. The number of para-hydroxylation sites is 1. The Balaban J connectivity index is 1.88. The van der Waals surface area contributed by atoms with Gasteiger partial charge in [-0.15, -0.1) is 0 Å². The van der Waals surface area contributed by atoms with Crippen LogP contribution in [-0.4, -0.2) is 24.3 Å². The van der Waals surface area contributed by atoms with Crippen LogP contribution in [-0.2, 0) is 22.7 Å². The fourth-order valence-corrected chi connectivity index (χ4v) is 3.89. The molecule has 0 aliphatic rings. The number of carbonyl (C=O) groups excluding carboxylic acids is 1. The predicted octanol–water partition coefficient (Wildman–Crippen LogP) is 4.96. The second-order valence-electron chi connectivity index (χ2n) is 7.15. The Bertz CT molecular complexity index is 1340. The maximum atomic E-state index is 13.2. The quantitative estimate of drug-likeness (QED) is 0.293. The van der Waals surface area contributed by atoms with Crippen molar-refractivity contribution in [1.82, 2.24) is 4.57 Å². The zero-order valence-electron chi connectivity index (χ0n) is 17.8. The maximum Gasteiger partial charge on any atom is 0.325 e. The molecule has 4 rings (SSSR count). The van der Waals surface area contributed by atoms with Crippen molar-refractivity contribution in [2.24, 2.45) is 0 Å². The Morgan fingerprint density at radius 3 is 2.47 bits per heavy atom. The Morgan fingerprint density at radius 2 is 1.75 bits per heavy atom. The number of fused-ring (bicyclic) bond motifs is 2. The lowest BCUT2D eigenvalue weighted by molar-refractivity contribution is -0.143. The Morgan fingerprint density at radius 1 is 1.00 bits per heavy atom. The summed E-state index contributed by atoms with van der Waals surface area (Å²) in [6, 6.07) is 17.9. The van der Waals surface area contributed by atoms with E-state index in [0.717, 1.165) is 11.3 Å². The highest BCUT2D eigenvalue weighted by atomic mass is 35.5. The van der Waals surface area contributed by atoms with E-state index in [2.05, 4.69) is 0 Å². The Hall–Kier alpha value is -3.51. The summed E-state index contributed by atoms with van der Waals surface area (Å²) >= 11 is 6.51. The third kappa shape index (κ3) is 4.14. The van der Waals surface area contributed by atoms with Crippen LogP contribution in [0.3, 0.4) is 0 Å². The fraction of sp³-hybridized carbons (Fsp3) is 0.200. The summed E-state index contributed by atoms with van der Waals surface area (Å²) < 4.78 is 18.2. The monoisotopic (exact) mass is 451 g/mol. The topological polar surface area (TPSA) is 66.8 Å². The van der Waals surface area contributed by atoms with Crippen molar-refractivity contribution in [3.63, 3.8) is 0 Å². The third-order valence-corrected chi connectivity index (χ3v) is 5.47. The lowest BCUT2D eigenvalue weighted by atomic mass is 10.1. The summed E-state index contributed by atoms with van der Waals surface area (Å²) in [7, 11) is 1.61. The molecule has 0 unspecified atom stereocenters. The summed E-state index contributed by atoms with van der Waals surface area (Å²) in [5.41, 5.74) is 1.82. The van der Waals surface area contributed by atoms with E-state index < -0.39 is 5.97 Å². The van der Waals surface area contributed by atoms with Crippen LogP contribution in [0.15, 0.2) is 65.5 Å². The van der Waals surface area contributed by atoms with Crippen LogP contribution in [0.25, 0.3) is 21.8 Å². The van der Waals surface area contributed by atoms with Gasteiger partial charge in [0.05, 0.1) is 35.2 Å². The van der Waals surface area contributed by atoms with Gasteiger partial charge in [-0.2, -0.15) is 0 Å². The SMILES string of the molecule is CCOC(=O)Cn1c2ccccc2c(=O)c2ccc(Cl)c(OCc3ccc(OC)cc3)c21. The number of nitrogens with zero attached hydrogens (tertiary/aromatic N) is 1. The zero-order chi connectivity index (χ0) is 22.7. The highest BCUT2D eigenvalue weighted by Gasteiger charge is 2.19. The molecule has 0 aliphatic carbocycles. The lowest BCUT2D eigenvalue weighted by Crippen LogP contribution is -2.19. The second-order valence-corrected chi connectivity index (χ2v) is 7.55. The van der Waals surface area contributed by atoms with Crippen molar-refractivity contribution in [2.75, 3.05) is 13.7 Å². The molecule has 0 amide bonds. The molecule has 4 aromatic rings. The van der Waals surface area contributed by atoms with Crippen LogP contribution in [0.1, 0.15) is 12.5 Å². The molecule has 6 nitrogen and oxygen atoms in total. The van der Waals surface area contributed by atoms with E-state index in [9.17, 15) is 9.59 Å². The minimum atomic E-state index is -0.413. The van der Waals surface area contributed by atoms with Crippen LogP contribution in [0.4, 0.5) is 0 Å².